The maximum absolute atomic E-state index is 13.9. The molecule has 3 heterocycles. The molecule has 6 nitrogen and oxygen atoms in total. The van der Waals surface area contributed by atoms with Gasteiger partial charge in [-0.3, -0.25) is 14.5 Å². The van der Waals surface area contributed by atoms with Crippen molar-refractivity contribution in [3.63, 3.8) is 0 Å². The van der Waals surface area contributed by atoms with Gasteiger partial charge >= 0.3 is 0 Å². The van der Waals surface area contributed by atoms with Crippen LogP contribution in [-0.2, 0) is 6.42 Å². The van der Waals surface area contributed by atoms with Crippen LogP contribution in [0.3, 0.4) is 0 Å². The Morgan fingerprint density at radius 3 is 2.61 bits per heavy atom. The number of carbonyl (C=O) groups excluding carboxylic acids is 1. The van der Waals surface area contributed by atoms with Crippen LogP contribution >= 0.6 is 23.1 Å². The van der Waals surface area contributed by atoms with Gasteiger partial charge in [0.05, 0.1) is 17.0 Å². The van der Waals surface area contributed by atoms with Gasteiger partial charge in [0, 0.05) is 11.3 Å². The Hall–Kier alpha value is -3.04. The van der Waals surface area contributed by atoms with Crippen LogP contribution in [0.4, 0.5) is 9.52 Å². The van der Waals surface area contributed by atoms with Crippen molar-refractivity contribution in [3.05, 3.63) is 80.4 Å². The Morgan fingerprint density at radius 2 is 1.91 bits per heavy atom. The van der Waals surface area contributed by atoms with Crippen LogP contribution in [0.2, 0.25) is 0 Å². The molecule has 5 rings (SSSR count). The molecule has 0 N–H and O–H groups in total. The third kappa shape index (κ3) is 3.75. The summed E-state index contributed by atoms with van der Waals surface area (Å²) in [5, 5.41) is 9.84. The van der Waals surface area contributed by atoms with Crippen molar-refractivity contribution in [2.45, 2.75) is 31.2 Å². The molecule has 1 amide bonds. The molecule has 0 saturated heterocycles. The van der Waals surface area contributed by atoms with Crippen LogP contribution in [0.15, 0.2) is 56.6 Å². The van der Waals surface area contributed by atoms with Gasteiger partial charge in [-0.15, -0.1) is 22.0 Å². The Bertz CT molecular complexity index is 1430. The summed E-state index contributed by atoms with van der Waals surface area (Å²) >= 11 is 2.92. The standard InChI is InChI=1S/C24H20FN3O3S2/c1-12(2)10-18-26-27-24(33-18)28-20(13-4-7-15(32-3)8-5-13)19-21(29)16-11-14(25)6-9-17(16)31-22(19)23(28)30/h4-9,11-12,20H,10H2,1-3H3. The summed E-state index contributed by atoms with van der Waals surface area (Å²) in [6, 6.07) is 10.6. The molecule has 33 heavy (non-hydrogen) atoms. The van der Waals surface area contributed by atoms with Crippen LogP contribution < -0.4 is 10.3 Å². The second-order valence-electron chi connectivity index (χ2n) is 8.24. The first-order chi connectivity index (χ1) is 15.9. The molecule has 0 fully saturated rings. The summed E-state index contributed by atoms with van der Waals surface area (Å²) in [6.07, 6.45) is 2.71. The van der Waals surface area contributed by atoms with E-state index >= 15 is 0 Å². The van der Waals surface area contributed by atoms with Crippen LogP contribution in [-0.4, -0.2) is 22.4 Å². The van der Waals surface area contributed by atoms with E-state index in [1.807, 2.05) is 30.5 Å². The SMILES string of the molecule is CSc1ccc(C2c3c(oc4ccc(F)cc4c3=O)C(=O)N2c2nnc(CC(C)C)s2)cc1. The number of nitrogens with zero attached hydrogens (tertiary/aromatic N) is 3. The Morgan fingerprint density at radius 1 is 1.15 bits per heavy atom. The minimum Gasteiger partial charge on any atom is -0.450 e. The van der Waals surface area contributed by atoms with Gasteiger partial charge in [0.1, 0.15) is 16.4 Å². The molecular formula is C24H20FN3O3S2. The number of aromatic nitrogens is 2. The smallest absolute Gasteiger partial charge is 0.297 e. The molecule has 4 aromatic rings. The largest absolute Gasteiger partial charge is 0.450 e. The highest BCUT2D eigenvalue weighted by Crippen LogP contribution is 2.42. The summed E-state index contributed by atoms with van der Waals surface area (Å²) in [6.45, 7) is 4.17. The molecule has 2 aromatic carbocycles. The van der Waals surface area contributed by atoms with Gasteiger partial charge in [0.2, 0.25) is 10.9 Å². The molecule has 0 aliphatic carbocycles. The van der Waals surface area contributed by atoms with E-state index in [1.54, 1.807) is 11.8 Å². The molecule has 9 heteroatoms. The van der Waals surface area contributed by atoms with Crippen molar-refractivity contribution in [3.8, 4) is 0 Å². The van der Waals surface area contributed by atoms with E-state index in [-0.39, 0.29) is 22.3 Å². The zero-order chi connectivity index (χ0) is 23.3. The van der Waals surface area contributed by atoms with Crippen molar-refractivity contribution in [2.75, 3.05) is 11.2 Å². The maximum atomic E-state index is 13.9. The van der Waals surface area contributed by atoms with Crippen molar-refractivity contribution >= 4 is 45.1 Å². The number of amides is 1. The van der Waals surface area contributed by atoms with Gasteiger partial charge < -0.3 is 4.42 Å². The lowest BCUT2D eigenvalue weighted by atomic mass is 9.99. The summed E-state index contributed by atoms with van der Waals surface area (Å²) in [7, 11) is 0. The molecule has 1 aliphatic rings. The Kier molecular flexibility index (Phi) is 5.54. The number of benzene rings is 2. The molecule has 0 radical (unpaired) electrons. The van der Waals surface area contributed by atoms with Crippen LogP contribution in [0.25, 0.3) is 11.0 Å². The minimum absolute atomic E-state index is 0.0429. The number of anilines is 1. The molecule has 1 aliphatic heterocycles. The number of fused-ring (bicyclic) bond motifs is 2. The summed E-state index contributed by atoms with van der Waals surface area (Å²) in [5.41, 5.74) is 0.677. The summed E-state index contributed by atoms with van der Waals surface area (Å²) < 4.78 is 19.8. The Labute approximate surface area is 197 Å². The molecule has 0 spiro atoms. The minimum atomic E-state index is -0.743. The quantitative estimate of drug-likeness (QED) is 0.353. The second-order valence-corrected chi connectivity index (χ2v) is 10.2. The zero-order valence-corrected chi connectivity index (χ0v) is 19.8. The molecule has 0 bridgehead atoms. The van der Waals surface area contributed by atoms with Gasteiger partial charge in [0.25, 0.3) is 5.91 Å². The topological polar surface area (TPSA) is 76.3 Å². The van der Waals surface area contributed by atoms with Gasteiger partial charge in [-0.2, -0.15) is 0 Å². The molecule has 2 aromatic heterocycles. The lowest BCUT2D eigenvalue weighted by Crippen LogP contribution is -2.29. The van der Waals surface area contributed by atoms with Crippen LogP contribution in [0.1, 0.15) is 46.6 Å². The first kappa shape index (κ1) is 21.8. The van der Waals surface area contributed by atoms with E-state index in [4.69, 9.17) is 4.42 Å². The van der Waals surface area contributed by atoms with E-state index < -0.39 is 23.2 Å². The predicted molar refractivity (Wildman–Crippen MR) is 128 cm³/mol. The number of carbonyl (C=O) groups is 1. The van der Waals surface area contributed by atoms with Crippen LogP contribution in [0.5, 0.6) is 0 Å². The lowest BCUT2D eigenvalue weighted by molar-refractivity contribution is 0.0970. The number of hydrogen-bond acceptors (Lipinski definition) is 7. The highest BCUT2D eigenvalue weighted by Gasteiger charge is 2.45. The fourth-order valence-electron chi connectivity index (χ4n) is 4.02. The first-order valence-electron chi connectivity index (χ1n) is 10.4. The summed E-state index contributed by atoms with van der Waals surface area (Å²) in [5.74, 6) is -0.659. The predicted octanol–water partition coefficient (Wildman–Crippen LogP) is 5.45. The first-order valence-corrected chi connectivity index (χ1v) is 12.5. The molecule has 0 saturated carbocycles. The second kappa shape index (κ2) is 8.39. The van der Waals surface area contributed by atoms with Crippen molar-refractivity contribution in [1.29, 1.82) is 0 Å². The molecular weight excluding hydrogens is 461 g/mol. The third-order valence-corrected chi connectivity index (χ3v) is 7.20. The zero-order valence-electron chi connectivity index (χ0n) is 18.2. The van der Waals surface area contributed by atoms with E-state index in [9.17, 15) is 14.0 Å². The normalized spacial score (nSPS) is 15.6. The maximum Gasteiger partial charge on any atom is 0.297 e. The van der Waals surface area contributed by atoms with E-state index in [2.05, 4.69) is 24.0 Å². The van der Waals surface area contributed by atoms with Crippen LogP contribution in [0, 0.1) is 11.7 Å². The molecule has 1 atom stereocenters. The van der Waals surface area contributed by atoms with Crippen molar-refractivity contribution < 1.29 is 13.6 Å². The number of hydrogen-bond donors (Lipinski definition) is 0. The molecule has 1 unspecified atom stereocenters. The Balaban J connectivity index is 1.73. The van der Waals surface area contributed by atoms with E-state index in [1.165, 1.54) is 28.4 Å². The average Bonchev–Trinajstić information content (AvgIpc) is 3.36. The number of thioether (sulfide) groups is 1. The highest BCUT2D eigenvalue weighted by molar-refractivity contribution is 7.98. The van der Waals surface area contributed by atoms with E-state index in [0.29, 0.717) is 11.0 Å². The molecule has 168 valence electrons. The van der Waals surface area contributed by atoms with E-state index in [0.717, 1.165) is 28.0 Å². The van der Waals surface area contributed by atoms with Crippen molar-refractivity contribution in [2.24, 2.45) is 5.92 Å². The third-order valence-electron chi connectivity index (χ3n) is 5.51. The highest BCUT2D eigenvalue weighted by atomic mass is 32.2. The lowest BCUT2D eigenvalue weighted by Gasteiger charge is -2.22. The monoisotopic (exact) mass is 481 g/mol. The summed E-state index contributed by atoms with van der Waals surface area (Å²) in [4.78, 5) is 29.6. The van der Waals surface area contributed by atoms with Gasteiger partial charge in [-0.1, -0.05) is 37.3 Å². The fraction of sp³-hybridized carbons (Fsp3) is 0.250. The van der Waals surface area contributed by atoms with Gasteiger partial charge in [0.15, 0.2) is 5.43 Å². The average molecular weight is 482 g/mol. The number of halogens is 1. The van der Waals surface area contributed by atoms with Crippen molar-refractivity contribution in [1.82, 2.24) is 10.2 Å². The van der Waals surface area contributed by atoms with Gasteiger partial charge in [-0.25, -0.2) is 4.39 Å². The fourth-order valence-corrected chi connectivity index (χ4v) is 5.50. The van der Waals surface area contributed by atoms with Gasteiger partial charge in [-0.05, 0) is 48.1 Å². The number of rotatable bonds is 5.